The largest absolute Gasteiger partial charge is 0.368 e. The van der Waals surface area contributed by atoms with Crippen LogP contribution in [0, 0.1) is 6.92 Å². The first-order valence-electron chi connectivity index (χ1n) is 8.32. The molecule has 134 valence electrons. The van der Waals surface area contributed by atoms with Crippen molar-refractivity contribution in [3.63, 3.8) is 0 Å². The molecule has 0 fully saturated rings. The van der Waals surface area contributed by atoms with Crippen LogP contribution in [0.1, 0.15) is 5.56 Å². The van der Waals surface area contributed by atoms with Crippen LogP contribution in [0.2, 0.25) is 0 Å². The number of pyridine rings is 1. The number of hydrogen-bond donors (Lipinski definition) is 3. The van der Waals surface area contributed by atoms with Crippen LogP contribution < -0.4 is 16.0 Å². The Morgan fingerprint density at radius 3 is 2.62 bits per heavy atom. The van der Waals surface area contributed by atoms with Crippen molar-refractivity contribution < 1.29 is 4.79 Å². The second-order valence-corrected chi connectivity index (χ2v) is 5.76. The standard InChI is InChI=1S/C18H21N7O/c1-14-4-5-19-16(10-14)24-17-11-15(22-13-23-17)20-6-7-21-18(26)12-25-8-2-3-9-25/h2-5,8-11,13H,6-7,12H2,1H3,(H,21,26)(H2,19,20,22,23,24). The summed E-state index contributed by atoms with van der Waals surface area (Å²) in [5.74, 6) is 2.03. The predicted molar refractivity (Wildman–Crippen MR) is 100 cm³/mol. The number of rotatable bonds is 8. The minimum Gasteiger partial charge on any atom is -0.368 e. The molecule has 0 unspecified atom stereocenters. The third-order valence-electron chi connectivity index (χ3n) is 3.58. The molecule has 8 nitrogen and oxygen atoms in total. The number of carbonyl (C=O) groups excluding carboxylic acids is 1. The van der Waals surface area contributed by atoms with Gasteiger partial charge in [-0.25, -0.2) is 15.0 Å². The van der Waals surface area contributed by atoms with Gasteiger partial charge in [0.15, 0.2) is 0 Å². The summed E-state index contributed by atoms with van der Waals surface area (Å²) in [6.45, 7) is 3.39. The van der Waals surface area contributed by atoms with Crippen LogP contribution in [0.25, 0.3) is 0 Å². The molecule has 0 aromatic carbocycles. The number of aryl methyl sites for hydroxylation is 1. The van der Waals surface area contributed by atoms with Crippen LogP contribution in [-0.4, -0.2) is 38.5 Å². The normalized spacial score (nSPS) is 10.3. The quantitative estimate of drug-likeness (QED) is 0.537. The van der Waals surface area contributed by atoms with Gasteiger partial charge < -0.3 is 20.5 Å². The number of hydrogen-bond acceptors (Lipinski definition) is 6. The van der Waals surface area contributed by atoms with Gasteiger partial charge in [-0.05, 0) is 36.8 Å². The average Bonchev–Trinajstić information content (AvgIpc) is 3.12. The lowest BCUT2D eigenvalue weighted by Gasteiger charge is -2.09. The highest BCUT2D eigenvalue weighted by Crippen LogP contribution is 2.14. The molecule has 0 aliphatic heterocycles. The lowest BCUT2D eigenvalue weighted by molar-refractivity contribution is -0.121. The van der Waals surface area contributed by atoms with E-state index in [9.17, 15) is 4.79 Å². The molecular weight excluding hydrogens is 330 g/mol. The Kier molecular flexibility index (Phi) is 5.76. The first-order chi connectivity index (χ1) is 12.7. The number of amides is 1. The summed E-state index contributed by atoms with van der Waals surface area (Å²) in [5.41, 5.74) is 1.12. The Balaban J connectivity index is 1.44. The Bertz CT molecular complexity index is 848. The highest BCUT2D eigenvalue weighted by atomic mass is 16.1. The maximum Gasteiger partial charge on any atom is 0.239 e. The van der Waals surface area contributed by atoms with E-state index in [2.05, 4.69) is 30.9 Å². The van der Waals surface area contributed by atoms with Gasteiger partial charge in [0.1, 0.15) is 30.3 Å². The van der Waals surface area contributed by atoms with Crippen LogP contribution >= 0.6 is 0 Å². The van der Waals surface area contributed by atoms with Crippen molar-refractivity contribution in [1.82, 2.24) is 24.8 Å². The summed E-state index contributed by atoms with van der Waals surface area (Å²) in [7, 11) is 0. The molecule has 0 saturated carbocycles. The monoisotopic (exact) mass is 351 g/mol. The summed E-state index contributed by atoms with van der Waals surface area (Å²) in [5, 5.41) is 9.17. The van der Waals surface area contributed by atoms with E-state index in [0.717, 1.165) is 11.4 Å². The molecule has 0 aliphatic carbocycles. The van der Waals surface area contributed by atoms with Gasteiger partial charge >= 0.3 is 0 Å². The SMILES string of the molecule is Cc1ccnc(Nc2cc(NCCNC(=O)Cn3cccc3)ncn2)c1. The second kappa shape index (κ2) is 8.61. The summed E-state index contributed by atoms with van der Waals surface area (Å²) in [6, 6.07) is 9.45. The van der Waals surface area contributed by atoms with E-state index >= 15 is 0 Å². The molecule has 0 radical (unpaired) electrons. The summed E-state index contributed by atoms with van der Waals surface area (Å²) in [6.07, 6.45) is 6.94. The Labute approximate surface area is 151 Å². The summed E-state index contributed by atoms with van der Waals surface area (Å²) >= 11 is 0. The molecule has 3 N–H and O–H groups in total. The van der Waals surface area contributed by atoms with Gasteiger partial charge in [-0.3, -0.25) is 4.79 Å². The number of aromatic nitrogens is 4. The van der Waals surface area contributed by atoms with E-state index in [4.69, 9.17) is 0 Å². The van der Waals surface area contributed by atoms with Crippen molar-refractivity contribution in [3.05, 3.63) is 60.8 Å². The van der Waals surface area contributed by atoms with Crippen LogP contribution in [0.4, 0.5) is 17.5 Å². The predicted octanol–water partition coefficient (Wildman–Crippen LogP) is 1.95. The van der Waals surface area contributed by atoms with Gasteiger partial charge in [-0.1, -0.05) is 0 Å². The molecule has 3 rings (SSSR count). The zero-order valence-corrected chi connectivity index (χ0v) is 14.5. The minimum absolute atomic E-state index is 0.0291. The van der Waals surface area contributed by atoms with Crippen molar-refractivity contribution in [3.8, 4) is 0 Å². The fourth-order valence-electron chi connectivity index (χ4n) is 2.35. The third kappa shape index (κ3) is 5.30. The first-order valence-corrected chi connectivity index (χ1v) is 8.32. The molecule has 1 amide bonds. The van der Waals surface area contributed by atoms with Gasteiger partial charge in [0.05, 0.1) is 0 Å². The second-order valence-electron chi connectivity index (χ2n) is 5.76. The Hall–Kier alpha value is -3.42. The molecule has 0 spiro atoms. The molecular formula is C18H21N7O. The molecule has 3 aromatic rings. The fourth-order valence-corrected chi connectivity index (χ4v) is 2.35. The number of nitrogens with zero attached hydrogens (tertiary/aromatic N) is 4. The molecule has 0 aliphatic rings. The average molecular weight is 351 g/mol. The smallest absolute Gasteiger partial charge is 0.239 e. The van der Waals surface area contributed by atoms with Gasteiger partial charge in [0, 0.05) is 37.7 Å². The lowest BCUT2D eigenvalue weighted by atomic mass is 10.3. The Morgan fingerprint density at radius 2 is 1.81 bits per heavy atom. The topological polar surface area (TPSA) is 96.8 Å². The molecule has 0 saturated heterocycles. The van der Waals surface area contributed by atoms with Gasteiger partial charge in [0.25, 0.3) is 0 Å². The zero-order chi connectivity index (χ0) is 18.2. The van der Waals surface area contributed by atoms with E-state index in [1.807, 2.05) is 48.1 Å². The van der Waals surface area contributed by atoms with Crippen molar-refractivity contribution in [2.45, 2.75) is 13.5 Å². The third-order valence-corrected chi connectivity index (χ3v) is 3.58. The molecule has 3 heterocycles. The fraction of sp³-hybridized carbons (Fsp3) is 0.222. The zero-order valence-electron chi connectivity index (χ0n) is 14.5. The number of carbonyl (C=O) groups is 1. The minimum atomic E-state index is -0.0291. The highest BCUT2D eigenvalue weighted by molar-refractivity contribution is 5.75. The Morgan fingerprint density at radius 1 is 1.04 bits per heavy atom. The molecule has 3 aromatic heterocycles. The van der Waals surface area contributed by atoms with Crippen LogP contribution in [0.15, 0.2) is 55.2 Å². The van der Waals surface area contributed by atoms with Crippen molar-refractivity contribution in [2.75, 3.05) is 23.7 Å². The molecule has 0 atom stereocenters. The maximum absolute atomic E-state index is 11.8. The molecule has 26 heavy (non-hydrogen) atoms. The lowest BCUT2D eigenvalue weighted by Crippen LogP contribution is -2.31. The van der Waals surface area contributed by atoms with Crippen LogP contribution in [0.3, 0.4) is 0 Å². The van der Waals surface area contributed by atoms with E-state index < -0.39 is 0 Å². The van der Waals surface area contributed by atoms with Crippen molar-refractivity contribution in [1.29, 1.82) is 0 Å². The van der Waals surface area contributed by atoms with Crippen molar-refractivity contribution in [2.24, 2.45) is 0 Å². The van der Waals surface area contributed by atoms with Crippen LogP contribution in [0.5, 0.6) is 0 Å². The van der Waals surface area contributed by atoms with Gasteiger partial charge in [-0.15, -0.1) is 0 Å². The molecule has 8 heteroatoms. The molecule has 0 bridgehead atoms. The van der Waals surface area contributed by atoms with Gasteiger partial charge in [-0.2, -0.15) is 0 Å². The maximum atomic E-state index is 11.8. The highest BCUT2D eigenvalue weighted by Gasteiger charge is 2.03. The van der Waals surface area contributed by atoms with E-state index in [0.29, 0.717) is 31.3 Å². The van der Waals surface area contributed by atoms with E-state index in [-0.39, 0.29) is 5.91 Å². The van der Waals surface area contributed by atoms with E-state index in [1.54, 1.807) is 12.3 Å². The van der Waals surface area contributed by atoms with Crippen LogP contribution in [-0.2, 0) is 11.3 Å². The first kappa shape index (κ1) is 17.4. The van der Waals surface area contributed by atoms with Gasteiger partial charge in [0.2, 0.25) is 5.91 Å². The number of nitrogens with one attached hydrogen (secondary N) is 3. The number of anilines is 3. The summed E-state index contributed by atoms with van der Waals surface area (Å²) < 4.78 is 1.82. The summed E-state index contributed by atoms with van der Waals surface area (Å²) in [4.78, 5) is 24.4. The van der Waals surface area contributed by atoms with E-state index in [1.165, 1.54) is 6.33 Å². The van der Waals surface area contributed by atoms with Crippen molar-refractivity contribution >= 4 is 23.4 Å².